The summed E-state index contributed by atoms with van der Waals surface area (Å²) in [7, 11) is 1.23. The summed E-state index contributed by atoms with van der Waals surface area (Å²) in [6.45, 7) is 1.75. The van der Waals surface area contributed by atoms with Crippen molar-refractivity contribution < 1.29 is 23.9 Å². The molecular weight excluding hydrogens is 448 g/mol. The first-order valence-corrected chi connectivity index (χ1v) is 10.3. The number of esters is 2. The molecule has 1 heterocycles. The maximum atomic E-state index is 13.3. The molecule has 0 aromatic heterocycles. The number of carbonyl (C=O) groups is 3. The average Bonchev–Trinajstić information content (AvgIpc) is 2.77. The number of methoxy groups -OCH3 is 1. The van der Waals surface area contributed by atoms with Crippen LogP contribution in [-0.2, 0) is 14.3 Å². The first-order chi connectivity index (χ1) is 14.4. The monoisotopic (exact) mass is 466 g/mol. The fraction of sp³-hybridized carbons (Fsp3) is 0.208. The number of benzene rings is 3. The first-order valence-electron chi connectivity index (χ1n) is 9.53. The summed E-state index contributed by atoms with van der Waals surface area (Å²) in [4.78, 5) is 38.7. The van der Waals surface area contributed by atoms with Gasteiger partial charge in [-0.25, -0.2) is 0 Å². The highest BCUT2D eigenvalue weighted by Gasteiger charge is 2.48. The lowest BCUT2D eigenvalue weighted by Crippen LogP contribution is -2.42. The van der Waals surface area contributed by atoms with Crippen LogP contribution in [0.4, 0.5) is 0 Å². The molecule has 0 N–H and O–H groups in total. The lowest BCUT2D eigenvalue weighted by molar-refractivity contribution is -0.158. The van der Waals surface area contributed by atoms with Crippen LogP contribution >= 0.6 is 15.9 Å². The molecule has 0 spiro atoms. The van der Waals surface area contributed by atoms with E-state index < -0.39 is 29.7 Å². The van der Waals surface area contributed by atoms with Crippen LogP contribution in [-0.4, -0.2) is 24.8 Å². The predicted octanol–water partition coefficient (Wildman–Crippen LogP) is 4.91. The molecule has 3 aromatic rings. The van der Waals surface area contributed by atoms with E-state index in [-0.39, 0.29) is 5.78 Å². The summed E-state index contributed by atoms with van der Waals surface area (Å²) < 4.78 is 11.3. The van der Waals surface area contributed by atoms with Gasteiger partial charge in [0.1, 0.15) is 5.75 Å². The maximum Gasteiger partial charge on any atom is 0.326 e. The van der Waals surface area contributed by atoms with Crippen molar-refractivity contribution in [3.63, 3.8) is 0 Å². The number of rotatable bonds is 4. The van der Waals surface area contributed by atoms with Gasteiger partial charge in [-0.3, -0.25) is 14.4 Å². The Morgan fingerprint density at radius 2 is 1.73 bits per heavy atom. The van der Waals surface area contributed by atoms with E-state index in [1.807, 2.05) is 30.3 Å². The van der Waals surface area contributed by atoms with Crippen molar-refractivity contribution in [1.82, 2.24) is 0 Å². The highest BCUT2D eigenvalue weighted by atomic mass is 79.9. The minimum atomic E-state index is -1.22. The van der Waals surface area contributed by atoms with Crippen LogP contribution < -0.4 is 4.74 Å². The van der Waals surface area contributed by atoms with E-state index in [0.29, 0.717) is 16.9 Å². The summed E-state index contributed by atoms with van der Waals surface area (Å²) in [5.74, 6) is -3.79. The Bertz CT molecular complexity index is 1150. The number of ketones is 1. The van der Waals surface area contributed by atoms with Crippen LogP contribution in [0.3, 0.4) is 0 Å². The van der Waals surface area contributed by atoms with E-state index in [2.05, 4.69) is 15.9 Å². The molecule has 30 heavy (non-hydrogen) atoms. The third kappa shape index (κ3) is 3.41. The van der Waals surface area contributed by atoms with E-state index in [1.54, 1.807) is 37.3 Å². The van der Waals surface area contributed by atoms with E-state index in [1.165, 1.54) is 7.11 Å². The Balaban J connectivity index is 1.90. The Labute approximate surface area is 182 Å². The molecule has 0 bridgehead atoms. The SMILES string of the molecule is COC(=O)C1C(=O)Oc2ccc3ccccc3c2C1C(C)C(=O)c1ccc(Br)cc1. The van der Waals surface area contributed by atoms with Gasteiger partial charge in [0.2, 0.25) is 0 Å². The number of carbonyl (C=O) groups excluding carboxylic acids is 3. The molecule has 152 valence electrons. The van der Waals surface area contributed by atoms with Crippen LogP contribution in [0.15, 0.2) is 65.1 Å². The number of hydrogen-bond donors (Lipinski definition) is 0. The Morgan fingerprint density at radius 3 is 2.43 bits per heavy atom. The van der Waals surface area contributed by atoms with Crippen molar-refractivity contribution in [2.75, 3.05) is 7.11 Å². The van der Waals surface area contributed by atoms with Gasteiger partial charge in [0, 0.05) is 27.4 Å². The zero-order valence-electron chi connectivity index (χ0n) is 16.4. The number of hydrogen-bond acceptors (Lipinski definition) is 5. The lowest BCUT2D eigenvalue weighted by Gasteiger charge is -2.34. The zero-order valence-corrected chi connectivity index (χ0v) is 18.0. The van der Waals surface area contributed by atoms with E-state index >= 15 is 0 Å². The zero-order chi connectivity index (χ0) is 21.4. The quantitative estimate of drug-likeness (QED) is 0.236. The van der Waals surface area contributed by atoms with Crippen molar-refractivity contribution in [3.8, 4) is 5.75 Å². The molecule has 1 aliphatic heterocycles. The molecule has 4 rings (SSSR count). The van der Waals surface area contributed by atoms with Crippen LogP contribution in [0.1, 0.15) is 28.8 Å². The van der Waals surface area contributed by atoms with Crippen molar-refractivity contribution in [3.05, 3.63) is 76.3 Å². The highest BCUT2D eigenvalue weighted by Crippen LogP contribution is 2.47. The first kappa shape index (κ1) is 20.3. The van der Waals surface area contributed by atoms with Crippen molar-refractivity contribution >= 4 is 44.4 Å². The van der Waals surface area contributed by atoms with Gasteiger partial charge in [0.05, 0.1) is 7.11 Å². The Hall–Kier alpha value is -2.99. The van der Waals surface area contributed by atoms with Gasteiger partial charge in [-0.2, -0.15) is 0 Å². The van der Waals surface area contributed by atoms with Gasteiger partial charge in [-0.05, 0) is 29.0 Å². The second-order valence-corrected chi connectivity index (χ2v) is 8.22. The molecule has 0 saturated carbocycles. The third-order valence-corrected chi connectivity index (χ3v) is 6.15. The largest absolute Gasteiger partial charge is 0.468 e. The summed E-state index contributed by atoms with van der Waals surface area (Å²) in [6, 6.07) is 18.2. The second kappa shape index (κ2) is 8.03. The summed E-state index contributed by atoms with van der Waals surface area (Å²) in [5.41, 5.74) is 1.19. The summed E-state index contributed by atoms with van der Waals surface area (Å²) in [6.07, 6.45) is 0. The Kier molecular flexibility index (Phi) is 5.43. The van der Waals surface area contributed by atoms with E-state index in [9.17, 15) is 14.4 Å². The molecule has 0 radical (unpaired) electrons. The molecule has 3 aromatic carbocycles. The molecule has 5 nitrogen and oxygen atoms in total. The normalized spacial score (nSPS) is 19.0. The second-order valence-electron chi connectivity index (χ2n) is 7.31. The fourth-order valence-electron chi connectivity index (χ4n) is 4.14. The molecule has 6 heteroatoms. The molecule has 0 amide bonds. The van der Waals surface area contributed by atoms with Gasteiger partial charge in [0.15, 0.2) is 11.7 Å². The van der Waals surface area contributed by atoms with Crippen molar-refractivity contribution in [2.24, 2.45) is 11.8 Å². The molecular formula is C24H19BrO5. The van der Waals surface area contributed by atoms with E-state index in [0.717, 1.165) is 15.2 Å². The number of fused-ring (bicyclic) bond motifs is 3. The van der Waals surface area contributed by atoms with Gasteiger partial charge in [-0.1, -0.05) is 65.3 Å². The number of ether oxygens (including phenoxy) is 2. The average molecular weight is 467 g/mol. The van der Waals surface area contributed by atoms with Gasteiger partial charge < -0.3 is 9.47 Å². The summed E-state index contributed by atoms with van der Waals surface area (Å²) in [5, 5.41) is 1.78. The third-order valence-electron chi connectivity index (χ3n) is 5.62. The Morgan fingerprint density at radius 1 is 1.03 bits per heavy atom. The van der Waals surface area contributed by atoms with Gasteiger partial charge in [-0.15, -0.1) is 0 Å². The van der Waals surface area contributed by atoms with Gasteiger partial charge >= 0.3 is 11.9 Å². The van der Waals surface area contributed by atoms with Crippen molar-refractivity contribution in [2.45, 2.75) is 12.8 Å². The number of halogens is 1. The van der Waals surface area contributed by atoms with Crippen LogP contribution in [0, 0.1) is 11.8 Å². The topological polar surface area (TPSA) is 69.7 Å². The smallest absolute Gasteiger partial charge is 0.326 e. The van der Waals surface area contributed by atoms with Crippen LogP contribution in [0.25, 0.3) is 10.8 Å². The minimum absolute atomic E-state index is 0.157. The molecule has 0 fully saturated rings. The lowest BCUT2D eigenvalue weighted by atomic mass is 9.72. The molecule has 3 atom stereocenters. The molecule has 3 unspecified atom stereocenters. The maximum absolute atomic E-state index is 13.3. The van der Waals surface area contributed by atoms with Gasteiger partial charge in [0.25, 0.3) is 0 Å². The van der Waals surface area contributed by atoms with Crippen molar-refractivity contribution in [1.29, 1.82) is 0 Å². The molecule has 0 aliphatic carbocycles. The molecule has 1 aliphatic rings. The summed E-state index contributed by atoms with van der Waals surface area (Å²) >= 11 is 3.37. The van der Waals surface area contributed by atoms with Crippen LogP contribution in [0.2, 0.25) is 0 Å². The number of Topliss-reactive ketones (excluding diaryl/α,β-unsaturated/α-hetero) is 1. The fourth-order valence-corrected chi connectivity index (χ4v) is 4.41. The molecule has 0 saturated heterocycles. The van der Waals surface area contributed by atoms with Crippen LogP contribution in [0.5, 0.6) is 5.75 Å². The van der Waals surface area contributed by atoms with E-state index in [4.69, 9.17) is 9.47 Å². The highest BCUT2D eigenvalue weighted by molar-refractivity contribution is 9.10. The predicted molar refractivity (Wildman–Crippen MR) is 115 cm³/mol. The standard InChI is InChI=1S/C24H19BrO5/c1-13(22(26)15-7-10-16(25)11-8-15)19-20-17-6-4-3-5-14(17)9-12-18(20)30-24(28)21(19)23(27)29-2/h3-13,19,21H,1-2H3. The minimum Gasteiger partial charge on any atom is -0.468 e.